The van der Waals surface area contributed by atoms with E-state index in [1.165, 1.54) is 6.07 Å². The number of rotatable bonds is 7. The van der Waals surface area contributed by atoms with Crippen molar-refractivity contribution < 1.29 is 32.6 Å². The van der Waals surface area contributed by atoms with Gasteiger partial charge in [-0.05, 0) is 41.8 Å². The van der Waals surface area contributed by atoms with Gasteiger partial charge in [0, 0.05) is 22.8 Å². The predicted octanol–water partition coefficient (Wildman–Crippen LogP) is 4.49. The average molecular weight is 454 g/mol. The van der Waals surface area contributed by atoms with Crippen LogP contribution in [0.25, 0.3) is 10.9 Å². The Bertz CT molecular complexity index is 1160. The fourth-order valence-corrected chi connectivity index (χ4v) is 3.30. The van der Waals surface area contributed by atoms with Crippen molar-refractivity contribution in [3.63, 3.8) is 0 Å². The molecule has 1 heterocycles. The van der Waals surface area contributed by atoms with Gasteiger partial charge in [0.15, 0.2) is 11.5 Å². The summed E-state index contributed by atoms with van der Waals surface area (Å²) in [7, 11) is 0. The van der Waals surface area contributed by atoms with Gasteiger partial charge in [-0.2, -0.15) is 13.2 Å². The van der Waals surface area contributed by atoms with Gasteiger partial charge >= 0.3 is 6.18 Å². The van der Waals surface area contributed by atoms with Crippen molar-refractivity contribution >= 4 is 39.9 Å². The first kappa shape index (κ1) is 22.5. The number of Topliss-reactive ketones (excluding diaryl/α,β-unsaturated/α-hetero) is 1. The molecule has 164 valence electrons. The second-order valence-corrected chi connectivity index (χ2v) is 7.51. The molecule has 0 saturated carbocycles. The van der Waals surface area contributed by atoms with Crippen molar-refractivity contribution in [2.75, 3.05) is 11.9 Å². The van der Waals surface area contributed by atoms with E-state index in [0.29, 0.717) is 6.07 Å². The van der Waals surface area contributed by atoms with E-state index < -0.39 is 35.8 Å². The van der Waals surface area contributed by atoms with Crippen molar-refractivity contribution in [2.24, 2.45) is 0 Å². The Labute approximate surface area is 180 Å². The summed E-state index contributed by atoms with van der Waals surface area (Å²) >= 11 is 6.06. The number of hydrogen-bond donors (Lipinski definition) is 2. The third-order valence-corrected chi connectivity index (χ3v) is 4.84. The van der Waals surface area contributed by atoms with E-state index in [0.717, 1.165) is 22.5 Å². The lowest BCUT2D eigenvalue weighted by atomic mass is 10.0. The maximum atomic E-state index is 13.7. The smallest absolute Gasteiger partial charge is 0.420 e. The second-order valence-electron chi connectivity index (χ2n) is 7.10. The number of benzene rings is 2. The summed E-state index contributed by atoms with van der Waals surface area (Å²) in [6.07, 6.45) is -2.99. The molecule has 10 heteroatoms. The molecule has 3 aromatic rings. The van der Waals surface area contributed by atoms with Gasteiger partial charge in [0.2, 0.25) is 0 Å². The van der Waals surface area contributed by atoms with Gasteiger partial charge < -0.3 is 24.9 Å². The highest BCUT2D eigenvalue weighted by Crippen LogP contribution is 2.44. The van der Waals surface area contributed by atoms with Gasteiger partial charge in [0.05, 0.1) is 11.6 Å². The molecule has 0 radical (unpaired) electrons. The first-order chi connectivity index (χ1) is 14.5. The summed E-state index contributed by atoms with van der Waals surface area (Å²) in [6.45, 7) is 3.23. The van der Waals surface area contributed by atoms with Gasteiger partial charge in [0.25, 0.3) is 0 Å². The highest BCUT2D eigenvalue weighted by molar-refractivity contribution is 6.33. The van der Waals surface area contributed by atoms with E-state index in [-0.39, 0.29) is 22.4 Å². The number of ether oxygens (including phenoxy) is 1. The number of ketones is 1. The zero-order valence-corrected chi connectivity index (χ0v) is 17.1. The van der Waals surface area contributed by atoms with Gasteiger partial charge in [-0.25, -0.2) is 0 Å². The summed E-state index contributed by atoms with van der Waals surface area (Å²) in [5.41, 5.74) is 0.430. The summed E-state index contributed by atoms with van der Waals surface area (Å²) in [6, 6.07) is 6.65. The first-order valence-electron chi connectivity index (χ1n) is 9.15. The molecule has 0 amide bonds. The van der Waals surface area contributed by atoms with Crippen LogP contribution in [0.5, 0.6) is 11.5 Å². The van der Waals surface area contributed by atoms with Crippen LogP contribution in [0.2, 0.25) is 5.02 Å². The molecule has 3 rings (SSSR count). The standard InChI is InChI=1S/C21H18ClF3N2O4/c1-10(2)14-8-27-17-4-3-12(7-13(14)17)31-19-15(21(23,24)25)5-11(6-16(19)22)26-9-18(28)20(29)30/h3-8,10,26-27H,9H2,1-2H3,(H,29,30)/p-1. The Morgan fingerprint density at radius 3 is 2.55 bits per heavy atom. The minimum atomic E-state index is -4.82. The van der Waals surface area contributed by atoms with E-state index >= 15 is 0 Å². The lowest BCUT2D eigenvalue weighted by Gasteiger charge is -2.18. The van der Waals surface area contributed by atoms with Crippen molar-refractivity contribution in [3.05, 3.63) is 52.7 Å². The molecule has 0 aliphatic carbocycles. The van der Waals surface area contributed by atoms with E-state index in [1.54, 1.807) is 12.1 Å². The molecule has 0 saturated heterocycles. The lowest BCUT2D eigenvalue weighted by Crippen LogP contribution is -2.35. The number of hydrogen-bond acceptors (Lipinski definition) is 5. The van der Waals surface area contributed by atoms with Crippen molar-refractivity contribution in [1.29, 1.82) is 0 Å². The van der Waals surface area contributed by atoms with Crippen molar-refractivity contribution in [3.8, 4) is 11.5 Å². The minimum Gasteiger partial charge on any atom is -0.542 e. The van der Waals surface area contributed by atoms with Crippen LogP contribution < -0.4 is 15.2 Å². The number of alkyl halides is 3. The molecule has 1 aromatic heterocycles. The number of carboxylic acids is 1. The van der Waals surface area contributed by atoms with E-state index in [9.17, 15) is 27.9 Å². The molecule has 6 nitrogen and oxygen atoms in total. The normalized spacial score (nSPS) is 11.7. The molecule has 2 N–H and O–H groups in total. The van der Waals surface area contributed by atoms with Crippen molar-refractivity contribution in [1.82, 2.24) is 4.98 Å². The Morgan fingerprint density at radius 2 is 1.94 bits per heavy atom. The number of nitrogens with one attached hydrogen (secondary N) is 2. The summed E-state index contributed by atoms with van der Waals surface area (Å²) in [4.78, 5) is 24.7. The van der Waals surface area contributed by atoms with Crippen LogP contribution in [0.1, 0.15) is 30.9 Å². The fourth-order valence-electron chi connectivity index (χ4n) is 3.04. The highest BCUT2D eigenvalue weighted by atomic mass is 35.5. The molecule has 0 spiro atoms. The molecule has 31 heavy (non-hydrogen) atoms. The van der Waals surface area contributed by atoms with Crippen LogP contribution in [0.3, 0.4) is 0 Å². The van der Waals surface area contributed by atoms with Gasteiger partial charge in [-0.1, -0.05) is 25.4 Å². The summed E-state index contributed by atoms with van der Waals surface area (Å²) in [5, 5.41) is 13.2. The van der Waals surface area contributed by atoms with E-state index in [2.05, 4.69) is 10.3 Å². The summed E-state index contributed by atoms with van der Waals surface area (Å²) < 4.78 is 46.5. The number of aromatic amines is 1. The van der Waals surface area contributed by atoms with Crippen molar-refractivity contribution in [2.45, 2.75) is 25.9 Å². The van der Waals surface area contributed by atoms with Gasteiger partial charge in [-0.3, -0.25) is 4.79 Å². The van der Waals surface area contributed by atoms with E-state index in [4.69, 9.17) is 16.3 Å². The maximum absolute atomic E-state index is 13.7. The molecule has 2 aromatic carbocycles. The lowest BCUT2D eigenvalue weighted by molar-refractivity contribution is -0.299. The average Bonchev–Trinajstić information content (AvgIpc) is 3.10. The van der Waals surface area contributed by atoms with Crippen LogP contribution >= 0.6 is 11.6 Å². The first-order valence-corrected chi connectivity index (χ1v) is 9.53. The minimum absolute atomic E-state index is 0.161. The van der Waals surface area contributed by atoms with Crippen LogP contribution in [-0.2, 0) is 15.8 Å². The predicted molar refractivity (Wildman–Crippen MR) is 107 cm³/mol. The SMILES string of the molecule is CC(C)c1c[nH]c2ccc(Oc3c(Cl)cc(NCC(=O)C(=O)[O-])cc3C(F)(F)F)cc12. The number of aliphatic carboxylic acids is 1. The number of H-pyrrole nitrogens is 1. The maximum Gasteiger partial charge on any atom is 0.420 e. The van der Waals surface area contributed by atoms with Crippen LogP contribution in [0.4, 0.5) is 18.9 Å². The van der Waals surface area contributed by atoms with Crippen LogP contribution in [0, 0.1) is 0 Å². The van der Waals surface area contributed by atoms with Crippen LogP contribution in [0.15, 0.2) is 36.5 Å². The van der Waals surface area contributed by atoms with Gasteiger partial charge in [0.1, 0.15) is 17.3 Å². The Balaban J connectivity index is 1.98. The summed E-state index contributed by atoms with van der Waals surface area (Å²) in [5.74, 6) is -3.52. The topological polar surface area (TPSA) is 94.2 Å². The quantitative estimate of drug-likeness (QED) is 0.514. The molecular formula is C21H17ClF3N2O4-. The van der Waals surface area contributed by atoms with Crippen LogP contribution in [-0.4, -0.2) is 23.3 Å². The number of carbonyl (C=O) groups excluding carboxylic acids is 2. The fraction of sp³-hybridized carbons (Fsp3) is 0.238. The molecule has 0 aliphatic rings. The number of fused-ring (bicyclic) bond motifs is 1. The molecule has 0 fully saturated rings. The Kier molecular flexibility index (Phi) is 6.17. The molecule has 0 unspecified atom stereocenters. The van der Waals surface area contributed by atoms with E-state index in [1.807, 2.05) is 20.0 Å². The molecule has 0 atom stereocenters. The number of anilines is 1. The Morgan fingerprint density at radius 1 is 1.23 bits per heavy atom. The number of carboxylic acid groups (broad SMARTS) is 1. The highest BCUT2D eigenvalue weighted by Gasteiger charge is 2.36. The second kappa shape index (κ2) is 8.50. The monoisotopic (exact) mass is 453 g/mol. The zero-order valence-electron chi connectivity index (χ0n) is 16.4. The Hall–Kier alpha value is -3.20. The molecular weight excluding hydrogens is 437 g/mol. The number of carbonyl (C=O) groups is 2. The molecule has 0 bridgehead atoms. The number of halogens is 4. The molecule has 0 aliphatic heterocycles. The van der Waals surface area contributed by atoms with Gasteiger partial charge in [-0.15, -0.1) is 0 Å². The largest absolute Gasteiger partial charge is 0.542 e. The zero-order chi connectivity index (χ0) is 22.9. The third kappa shape index (κ3) is 4.93. The number of aromatic nitrogens is 1. The third-order valence-electron chi connectivity index (χ3n) is 4.56.